The van der Waals surface area contributed by atoms with Crippen LogP contribution in [0.2, 0.25) is 0 Å². The molecule has 1 fully saturated rings. The van der Waals surface area contributed by atoms with Crippen molar-refractivity contribution in [2.24, 2.45) is 0 Å². The zero-order valence-electron chi connectivity index (χ0n) is 5.40. The first-order valence-corrected chi connectivity index (χ1v) is 3.90. The van der Waals surface area contributed by atoms with Crippen molar-refractivity contribution in [2.45, 2.75) is 12.5 Å². The van der Waals surface area contributed by atoms with Gasteiger partial charge in [-0.2, -0.15) is 0 Å². The summed E-state index contributed by atoms with van der Waals surface area (Å²) in [5, 5.41) is 5.05. The summed E-state index contributed by atoms with van der Waals surface area (Å²) in [6.07, 6.45) is 0. The molecule has 3 amide bonds. The zero-order chi connectivity index (χ0) is 7.78. The van der Waals surface area contributed by atoms with Crippen LogP contribution in [0.3, 0.4) is 0 Å². The molecule has 0 aliphatic carbocycles. The van der Waals surface area contributed by atoms with Crippen LogP contribution < -0.4 is 10.6 Å². The molecule has 1 aliphatic heterocycles. The Bertz CT molecular complexity index is 194. The van der Waals surface area contributed by atoms with Crippen LogP contribution >= 0.6 is 15.9 Å². The summed E-state index contributed by atoms with van der Waals surface area (Å²) in [6, 6.07) is -0.424. The Hall–Kier alpha value is -0.580. The normalized spacial score (nSPS) is 31.8. The van der Waals surface area contributed by atoms with E-state index in [2.05, 4.69) is 26.6 Å². The summed E-state index contributed by atoms with van der Waals surface area (Å²) in [4.78, 5) is 21.5. The molecule has 0 aromatic carbocycles. The minimum absolute atomic E-state index is 0.283. The van der Waals surface area contributed by atoms with Gasteiger partial charge in [0.15, 0.2) is 0 Å². The average molecular weight is 207 g/mol. The number of alkyl halides is 1. The molecular formula is C5H7BrN2O2. The highest BCUT2D eigenvalue weighted by Gasteiger charge is 2.40. The fraction of sp³-hybridized carbons (Fsp3) is 0.600. The molecule has 2 N–H and O–H groups in total. The van der Waals surface area contributed by atoms with Gasteiger partial charge in [0.1, 0.15) is 5.54 Å². The number of urea groups is 1. The summed E-state index contributed by atoms with van der Waals surface area (Å²) in [5.41, 5.74) is -0.767. The molecule has 1 atom stereocenters. The van der Waals surface area contributed by atoms with Crippen molar-refractivity contribution in [3.05, 3.63) is 0 Å². The molecule has 1 rings (SSSR count). The third-order valence-electron chi connectivity index (χ3n) is 1.38. The monoisotopic (exact) mass is 206 g/mol. The first-order valence-electron chi connectivity index (χ1n) is 2.78. The van der Waals surface area contributed by atoms with Crippen LogP contribution in [0.4, 0.5) is 4.79 Å². The number of nitrogens with one attached hydrogen (secondary N) is 2. The van der Waals surface area contributed by atoms with E-state index in [1.165, 1.54) is 0 Å². The maximum absolute atomic E-state index is 10.9. The summed E-state index contributed by atoms with van der Waals surface area (Å²) in [5.74, 6) is -0.283. The largest absolute Gasteiger partial charge is 0.323 e. The Kier molecular flexibility index (Phi) is 1.68. The van der Waals surface area contributed by atoms with Crippen LogP contribution in [-0.4, -0.2) is 22.8 Å². The molecule has 1 saturated heterocycles. The van der Waals surface area contributed by atoms with E-state index in [4.69, 9.17) is 0 Å². The number of hydrogen-bond acceptors (Lipinski definition) is 2. The number of carbonyl (C=O) groups excluding carboxylic acids is 2. The zero-order valence-corrected chi connectivity index (χ0v) is 6.99. The standard InChI is InChI=1S/C5H7BrN2O2/c1-5(2-6)3(9)7-4(10)8-5/h2H2,1H3,(H2,7,8,9,10). The lowest BCUT2D eigenvalue weighted by Gasteiger charge is -2.15. The van der Waals surface area contributed by atoms with Crippen LogP contribution in [0.25, 0.3) is 0 Å². The van der Waals surface area contributed by atoms with Gasteiger partial charge < -0.3 is 5.32 Å². The predicted octanol–water partition coefficient (Wildman–Crippen LogP) is -0.0206. The van der Waals surface area contributed by atoms with Gasteiger partial charge in [-0.15, -0.1) is 0 Å². The number of carbonyl (C=O) groups is 2. The van der Waals surface area contributed by atoms with Gasteiger partial charge >= 0.3 is 6.03 Å². The van der Waals surface area contributed by atoms with Gasteiger partial charge in [-0.3, -0.25) is 10.1 Å². The van der Waals surface area contributed by atoms with Crippen LogP contribution in [0, 0.1) is 0 Å². The number of rotatable bonds is 1. The predicted molar refractivity (Wildman–Crippen MR) is 38.9 cm³/mol. The van der Waals surface area contributed by atoms with Crippen molar-refractivity contribution in [1.82, 2.24) is 10.6 Å². The van der Waals surface area contributed by atoms with E-state index in [9.17, 15) is 9.59 Å². The van der Waals surface area contributed by atoms with E-state index >= 15 is 0 Å². The molecule has 0 spiro atoms. The van der Waals surface area contributed by atoms with Gasteiger partial charge in [0.2, 0.25) is 0 Å². The molecule has 0 bridgehead atoms. The van der Waals surface area contributed by atoms with Gasteiger partial charge in [-0.05, 0) is 6.92 Å². The van der Waals surface area contributed by atoms with Crippen molar-refractivity contribution in [1.29, 1.82) is 0 Å². The molecule has 1 heterocycles. The third kappa shape index (κ3) is 1.01. The Morgan fingerprint density at radius 3 is 2.40 bits per heavy atom. The third-order valence-corrected chi connectivity index (χ3v) is 2.51. The Morgan fingerprint density at radius 2 is 2.20 bits per heavy atom. The molecule has 1 unspecified atom stereocenters. The lowest BCUT2D eigenvalue weighted by Crippen LogP contribution is -2.45. The average Bonchev–Trinajstić information content (AvgIpc) is 2.09. The summed E-state index contributed by atoms with van der Waals surface area (Å²) >= 11 is 3.12. The second-order valence-electron chi connectivity index (χ2n) is 2.37. The van der Waals surface area contributed by atoms with Crippen molar-refractivity contribution >= 4 is 27.9 Å². The van der Waals surface area contributed by atoms with Crippen molar-refractivity contribution in [3.63, 3.8) is 0 Å². The summed E-state index contributed by atoms with van der Waals surface area (Å²) in [7, 11) is 0. The van der Waals surface area contributed by atoms with Crippen LogP contribution in [0.15, 0.2) is 0 Å². The first-order chi connectivity index (χ1) is 4.58. The SMILES string of the molecule is CC1(CBr)NC(=O)NC1=O. The van der Waals surface area contributed by atoms with E-state index in [0.29, 0.717) is 5.33 Å². The van der Waals surface area contributed by atoms with Crippen molar-refractivity contribution < 1.29 is 9.59 Å². The summed E-state index contributed by atoms with van der Waals surface area (Å²) in [6.45, 7) is 1.65. The highest BCUT2D eigenvalue weighted by molar-refractivity contribution is 9.09. The number of amides is 3. The molecule has 1 aliphatic rings. The molecule has 0 aromatic heterocycles. The molecule has 5 heteroatoms. The van der Waals surface area contributed by atoms with Crippen LogP contribution in [0.1, 0.15) is 6.92 Å². The van der Waals surface area contributed by atoms with Crippen LogP contribution in [-0.2, 0) is 4.79 Å². The molecule has 0 radical (unpaired) electrons. The van der Waals surface area contributed by atoms with Crippen molar-refractivity contribution in [2.75, 3.05) is 5.33 Å². The van der Waals surface area contributed by atoms with Crippen LogP contribution in [0.5, 0.6) is 0 Å². The second-order valence-corrected chi connectivity index (χ2v) is 2.93. The number of halogens is 1. The molecule has 4 nitrogen and oxygen atoms in total. The van der Waals surface area contributed by atoms with Gasteiger partial charge in [-0.25, -0.2) is 4.79 Å². The van der Waals surface area contributed by atoms with E-state index in [-0.39, 0.29) is 5.91 Å². The minimum atomic E-state index is -0.767. The lowest BCUT2D eigenvalue weighted by molar-refractivity contribution is -0.122. The Balaban J connectivity index is 2.80. The second kappa shape index (κ2) is 2.23. The van der Waals surface area contributed by atoms with E-state index in [1.807, 2.05) is 0 Å². The molecule has 0 saturated carbocycles. The quantitative estimate of drug-likeness (QED) is 0.468. The number of hydrogen-bond donors (Lipinski definition) is 2. The van der Waals surface area contributed by atoms with E-state index in [1.54, 1.807) is 6.92 Å². The smallest absolute Gasteiger partial charge is 0.322 e. The van der Waals surface area contributed by atoms with E-state index in [0.717, 1.165) is 0 Å². The Labute approximate surface area is 66.5 Å². The molecule has 10 heavy (non-hydrogen) atoms. The Morgan fingerprint density at radius 1 is 1.60 bits per heavy atom. The fourth-order valence-corrected chi connectivity index (χ4v) is 1.07. The number of imide groups is 1. The summed E-state index contributed by atoms with van der Waals surface area (Å²) < 4.78 is 0. The van der Waals surface area contributed by atoms with Gasteiger partial charge in [0.25, 0.3) is 5.91 Å². The van der Waals surface area contributed by atoms with E-state index < -0.39 is 11.6 Å². The van der Waals surface area contributed by atoms with Gasteiger partial charge in [-0.1, -0.05) is 15.9 Å². The fourth-order valence-electron chi connectivity index (χ4n) is 0.674. The molecular weight excluding hydrogens is 200 g/mol. The first kappa shape index (κ1) is 7.53. The van der Waals surface area contributed by atoms with Gasteiger partial charge in [0, 0.05) is 5.33 Å². The van der Waals surface area contributed by atoms with Gasteiger partial charge in [0.05, 0.1) is 0 Å². The molecule has 0 aromatic rings. The lowest BCUT2D eigenvalue weighted by atomic mass is 10.1. The highest BCUT2D eigenvalue weighted by Crippen LogP contribution is 2.11. The highest BCUT2D eigenvalue weighted by atomic mass is 79.9. The van der Waals surface area contributed by atoms with Crippen molar-refractivity contribution in [3.8, 4) is 0 Å². The maximum atomic E-state index is 10.9. The maximum Gasteiger partial charge on any atom is 0.322 e. The molecule has 56 valence electrons. The topological polar surface area (TPSA) is 58.2 Å². The minimum Gasteiger partial charge on any atom is -0.323 e.